The first-order chi connectivity index (χ1) is 14.9. The van der Waals surface area contributed by atoms with Crippen LogP contribution in [0.5, 0.6) is 5.75 Å². The molecule has 0 aliphatic heterocycles. The number of fused-ring (bicyclic) bond motifs is 1. The Balaban J connectivity index is 1.44. The molecule has 1 heterocycles. The SMILES string of the molecule is Cc1cc(C)cc(OCC(=O)Nc2ccc3nn(-c4ccc(C(C)C)cc4)nc3c2)c1. The third kappa shape index (κ3) is 4.91. The molecule has 6 heteroatoms. The maximum atomic E-state index is 12.3. The van der Waals surface area contributed by atoms with Gasteiger partial charge in [-0.3, -0.25) is 4.79 Å². The summed E-state index contributed by atoms with van der Waals surface area (Å²) in [6.45, 7) is 8.27. The van der Waals surface area contributed by atoms with Crippen molar-refractivity contribution < 1.29 is 9.53 Å². The van der Waals surface area contributed by atoms with Crippen LogP contribution in [-0.4, -0.2) is 27.5 Å². The number of anilines is 1. The van der Waals surface area contributed by atoms with Gasteiger partial charge in [-0.05, 0) is 78.9 Å². The maximum absolute atomic E-state index is 12.3. The molecule has 3 aromatic carbocycles. The van der Waals surface area contributed by atoms with E-state index in [1.165, 1.54) is 5.56 Å². The lowest BCUT2D eigenvalue weighted by Gasteiger charge is -2.09. The Hall–Kier alpha value is -3.67. The van der Waals surface area contributed by atoms with Crippen molar-refractivity contribution in [3.63, 3.8) is 0 Å². The summed E-state index contributed by atoms with van der Waals surface area (Å²) in [7, 11) is 0. The lowest BCUT2D eigenvalue weighted by Crippen LogP contribution is -2.20. The number of carbonyl (C=O) groups excluding carboxylic acids is 1. The first-order valence-electron chi connectivity index (χ1n) is 10.4. The zero-order valence-electron chi connectivity index (χ0n) is 18.2. The van der Waals surface area contributed by atoms with Crippen LogP contribution < -0.4 is 10.1 Å². The predicted octanol–water partition coefficient (Wildman–Crippen LogP) is 5.18. The van der Waals surface area contributed by atoms with Crippen molar-refractivity contribution in [2.24, 2.45) is 0 Å². The summed E-state index contributed by atoms with van der Waals surface area (Å²) in [5.41, 5.74) is 6.49. The van der Waals surface area contributed by atoms with Gasteiger partial charge in [-0.2, -0.15) is 4.80 Å². The van der Waals surface area contributed by atoms with Gasteiger partial charge >= 0.3 is 0 Å². The van der Waals surface area contributed by atoms with E-state index < -0.39 is 0 Å². The second kappa shape index (κ2) is 8.60. The monoisotopic (exact) mass is 414 g/mol. The summed E-state index contributed by atoms with van der Waals surface area (Å²) in [5, 5.41) is 12.0. The van der Waals surface area contributed by atoms with E-state index in [4.69, 9.17) is 4.74 Å². The van der Waals surface area contributed by atoms with E-state index in [1.807, 2.05) is 56.3 Å². The largest absolute Gasteiger partial charge is 0.484 e. The van der Waals surface area contributed by atoms with E-state index >= 15 is 0 Å². The first-order valence-corrected chi connectivity index (χ1v) is 10.4. The highest BCUT2D eigenvalue weighted by atomic mass is 16.5. The quantitative estimate of drug-likeness (QED) is 0.472. The van der Waals surface area contributed by atoms with Crippen LogP contribution in [0.25, 0.3) is 16.7 Å². The molecule has 1 aromatic heterocycles. The zero-order chi connectivity index (χ0) is 22.0. The van der Waals surface area contributed by atoms with E-state index in [2.05, 4.69) is 47.6 Å². The van der Waals surface area contributed by atoms with E-state index in [0.29, 0.717) is 22.9 Å². The minimum Gasteiger partial charge on any atom is -0.484 e. The minimum absolute atomic E-state index is 0.0597. The van der Waals surface area contributed by atoms with Gasteiger partial charge in [0.25, 0.3) is 5.91 Å². The van der Waals surface area contributed by atoms with Gasteiger partial charge in [0.05, 0.1) is 5.69 Å². The van der Waals surface area contributed by atoms with Crippen LogP contribution in [0.2, 0.25) is 0 Å². The number of amides is 1. The van der Waals surface area contributed by atoms with Gasteiger partial charge in [-0.15, -0.1) is 10.2 Å². The number of aromatic nitrogens is 3. The van der Waals surface area contributed by atoms with Gasteiger partial charge in [-0.25, -0.2) is 0 Å². The molecular formula is C25H26N4O2. The molecule has 31 heavy (non-hydrogen) atoms. The van der Waals surface area contributed by atoms with Crippen LogP contribution >= 0.6 is 0 Å². The van der Waals surface area contributed by atoms with Crippen LogP contribution in [0.4, 0.5) is 5.69 Å². The van der Waals surface area contributed by atoms with Crippen molar-refractivity contribution in [3.05, 3.63) is 77.4 Å². The Morgan fingerprint density at radius 2 is 1.61 bits per heavy atom. The molecule has 1 N–H and O–H groups in total. The Kier molecular flexibility index (Phi) is 5.71. The third-order valence-electron chi connectivity index (χ3n) is 5.02. The molecule has 4 rings (SSSR count). The van der Waals surface area contributed by atoms with Crippen LogP contribution in [0, 0.1) is 13.8 Å². The van der Waals surface area contributed by atoms with Gasteiger partial charge in [0.1, 0.15) is 16.8 Å². The zero-order valence-corrected chi connectivity index (χ0v) is 18.2. The summed E-state index contributed by atoms with van der Waals surface area (Å²) in [6.07, 6.45) is 0. The Labute approximate surface area is 181 Å². The number of rotatable bonds is 6. The fourth-order valence-corrected chi connectivity index (χ4v) is 3.46. The molecule has 0 saturated carbocycles. The molecule has 0 aliphatic carbocycles. The molecule has 0 radical (unpaired) electrons. The summed E-state index contributed by atoms with van der Waals surface area (Å²) in [4.78, 5) is 13.9. The number of ether oxygens (including phenoxy) is 1. The summed E-state index contributed by atoms with van der Waals surface area (Å²) < 4.78 is 5.63. The molecule has 4 aromatic rings. The molecule has 0 spiro atoms. The summed E-state index contributed by atoms with van der Waals surface area (Å²) in [6, 6.07) is 19.6. The van der Waals surface area contributed by atoms with E-state index in [9.17, 15) is 4.79 Å². The van der Waals surface area contributed by atoms with E-state index in [0.717, 1.165) is 22.3 Å². The van der Waals surface area contributed by atoms with Crippen LogP contribution in [0.3, 0.4) is 0 Å². The fraction of sp³-hybridized carbons (Fsp3) is 0.240. The number of nitrogens with one attached hydrogen (secondary N) is 1. The minimum atomic E-state index is -0.227. The summed E-state index contributed by atoms with van der Waals surface area (Å²) in [5.74, 6) is 0.938. The molecule has 0 unspecified atom stereocenters. The van der Waals surface area contributed by atoms with E-state index in [1.54, 1.807) is 4.80 Å². The molecule has 0 bridgehead atoms. The molecule has 0 saturated heterocycles. The normalized spacial score (nSPS) is 11.1. The van der Waals surface area contributed by atoms with Gasteiger partial charge in [0, 0.05) is 5.69 Å². The smallest absolute Gasteiger partial charge is 0.262 e. The van der Waals surface area contributed by atoms with Crippen LogP contribution in [0.15, 0.2) is 60.7 Å². The van der Waals surface area contributed by atoms with Crippen molar-refractivity contribution >= 4 is 22.6 Å². The number of nitrogens with zero attached hydrogens (tertiary/aromatic N) is 3. The average molecular weight is 415 g/mol. The Bertz CT molecular complexity index is 1210. The number of hydrogen-bond donors (Lipinski definition) is 1. The van der Waals surface area contributed by atoms with E-state index in [-0.39, 0.29) is 12.5 Å². The van der Waals surface area contributed by atoms with Crippen molar-refractivity contribution in [3.8, 4) is 11.4 Å². The van der Waals surface area contributed by atoms with Crippen molar-refractivity contribution in [2.75, 3.05) is 11.9 Å². The Morgan fingerprint density at radius 1 is 0.935 bits per heavy atom. The van der Waals surface area contributed by atoms with Crippen molar-refractivity contribution in [2.45, 2.75) is 33.6 Å². The van der Waals surface area contributed by atoms with Gasteiger partial charge in [-0.1, -0.05) is 32.0 Å². The van der Waals surface area contributed by atoms with Crippen LogP contribution in [-0.2, 0) is 4.79 Å². The second-order valence-electron chi connectivity index (χ2n) is 8.10. The van der Waals surface area contributed by atoms with Gasteiger partial charge in [0.2, 0.25) is 0 Å². The molecular weight excluding hydrogens is 388 g/mol. The molecule has 0 aliphatic rings. The highest BCUT2D eigenvalue weighted by Crippen LogP contribution is 2.20. The number of carbonyl (C=O) groups is 1. The van der Waals surface area contributed by atoms with Gasteiger partial charge < -0.3 is 10.1 Å². The second-order valence-corrected chi connectivity index (χ2v) is 8.10. The Morgan fingerprint density at radius 3 is 2.29 bits per heavy atom. The molecule has 0 atom stereocenters. The predicted molar refractivity (Wildman–Crippen MR) is 123 cm³/mol. The molecule has 0 fully saturated rings. The fourth-order valence-electron chi connectivity index (χ4n) is 3.46. The summed E-state index contributed by atoms with van der Waals surface area (Å²) >= 11 is 0. The lowest BCUT2D eigenvalue weighted by molar-refractivity contribution is -0.118. The maximum Gasteiger partial charge on any atom is 0.262 e. The van der Waals surface area contributed by atoms with Crippen molar-refractivity contribution in [1.82, 2.24) is 15.0 Å². The standard InChI is InChI=1S/C25H26N4O2/c1-16(2)19-5-8-21(9-6-19)29-27-23-10-7-20(14-24(23)28-29)26-25(30)15-31-22-12-17(3)11-18(4)13-22/h5-14,16H,15H2,1-4H3,(H,26,30). The first kappa shape index (κ1) is 20.6. The van der Waals surface area contributed by atoms with Gasteiger partial charge in [0.15, 0.2) is 6.61 Å². The molecule has 1 amide bonds. The van der Waals surface area contributed by atoms with Crippen molar-refractivity contribution in [1.29, 1.82) is 0 Å². The molecule has 158 valence electrons. The number of hydrogen-bond acceptors (Lipinski definition) is 4. The third-order valence-corrected chi connectivity index (χ3v) is 5.02. The number of aryl methyl sites for hydroxylation is 2. The molecule has 6 nitrogen and oxygen atoms in total. The lowest BCUT2D eigenvalue weighted by atomic mass is 10.0. The topological polar surface area (TPSA) is 69.0 Å². The number of benzene rings is 3. The highest BCUT2D eigenvalue weighted by Gasteiger charge is 2.09. The van der Waals surface area contributed by atoms with Crippen LogP contribution in [0.1, 0.15) is 36.5 Å². The highest BCUT2D eigenvalue weighted by molar-refractivity contribution is 5.93. The average Bonchev–Trinajstić information content (AvgIpc) is 3.15.